The first-order valence-electron chi connectivity index (χ1n) is 7.38. The smallest absolute Gasteiger partial charge is 0.212 e. The fourth-order valence-corrected chi connectivity index (χ4v) is 2.80. The molecule has 0 aliphatic rings. The fourth-order valence-electron chi connectivity index (χ4n) is 1.67. The van der Waals surface area contributed by atoms with Gasteiger partial charge in [0, 0.05) is 5.54 Å². The molecule has 0 saturated carbocycles. The Hall–Kier alpha value is -0.350. The molecule has 3 nitrogen and oxygen atoms in total. The first kappa shape index (κ1) is 19.7. The summed E-state index contributed by atoms with van der Waals surface area (Å²) in [4.78, 5) is 0. The normalized spacial score (nSPS) is 15.0. The molecule has 0 aliphatic carbocycles. The Labute approximate surface area is 126 Å². The van der Waals surface area contributed by atoms with Crippen LogP contribution in [0.15, 0.2) is 12.2 Å². The summed E-state index contributed by atoms with van der Waals surface area (Å²) in [5, 5.41) is 0. The van der Waals surface area contributed by atoms with Crippen LogP contribution in [-0.4, -0.2) is 18.7 Å². The van der Waals surface area contributed by atoms with Crippen molar-refractivity contribution >= 4 is 10.0 Å². The number of sulfonamides is 1. The monoisotopic (exact) mass is 303 g/mol. The molecule has 0 amide bonds. The third-order valence-corrected chi connectivity index (χ3v) is 5.44. The van der Waals surface area contributed by atoms with Crippen molar-refractivity contribution in [3.8, 4) is 0 Å². The van der Waals surface area contributed by atoms with Gasteiger partial charge in [-0.25, -0.2) is 13.1 Å². The highest BCUT2D eigenvalue weighted by atomic mass is 32.2. The standard InChI is InChI=1S/C16H33NO2S/c1-14(2,3)12-10-9-11-13-16(7,8)17-20(18,19)15(4,5)6/h10,12,17H,9,11,13H2,1-8H3/b12-10+. The molecule has 0 fully saturated rings. The predicted molar refractivity (Wildman–Crippen MR) is 88.3 cm³/mol. The molecule has 0 saturated heterocycles. The molecule has 0 aromatic heterocycles. The van der Waals surface area contributed by atoms with Gasteiger partial charge in [-0.3, -0.25) is 0 Å². The van der Waals surface area contributed by atoms with Crippen molar-refractivity contribution in [2.75, 3.05) is 0 Å². The molecule has 0 radical (unpaired) electrons. The molecule has 120 valence electrons. The highest BCUT2D eigenvalue weighted by Gasteiger charge is 2.33. The average Bonchev–Trinajstić information content (AvgIpc) is 2.10. The van der Waals surface area contributed by atoms with Crippen LogP contribution in [0.2, 0.25) is 0 Å². The molecule has 1 N–H and O–H groups in total. The van der Waals surface area contributed by atoms with Crippen molar-refractivity contribution in [1.82, 2.24) is 4.72 Å². The van der Waals surface area contributed by atoms with Gasteiger partial charge in [0.15, 0.2) is 0 Å². The second-order valence-corrected chi connectivity index (χ2v) is 10.7. The molecule has 4 heteroatoms. The third kappa shape index (κ3) is 8.05. The molecule has 0 rings (SSSR count). The quantitative estimate of drug-likeness (QED) is 0.589. The molecule has 0 aromatic carbocycles. The lowest BCUT2D eigenvalue weighted by atomic mass is 9.94. The van der Waals surface area contributed by atoms with Gasteiger partial charge in [0.05, 0.1) is 4.75 Å². The lowest BCUT2D eigenvalue weighted by molar-refractivity contribution is 0.404. The van der Waals surface area contributed by atoms with Gasteiger partial charge in [-0.05, 0) is 59.3 Å². The van der Waals surface area contributed by atoms with E-state index in [9.17, 15) is 8.42 Å². The van der Waals surface area contributed by atoms with Gasteiger partial charge in [0.25, 0.3) is 0 Å². The van der Waals surface area contributed by atoms with E-state index >= 15 is 0 Å². The average molecular weight is 304 g/mol. The van der Waals surface area contributed by atoms with Gasteiger partial charge in [-0.2, -0.15) is 0 Å². The summed E-state index contributed by atoms with van der Waals surface area (Å²) < 4.78 is 26.4. The van der Waals surface area contributed by atoms with Crippen LogP contribution in [0.5, 0.6) is 0 Å². The van der Waals surface area contributed by atoms with Crippen LogP contribution in [0, 0.1) is 5.41 Å². The first-order valence-corrected chi connectivity index (χ1v) is 8.86. The molecule has 20 heavy (non-hydrogen) atoms. The first-order chi connectivity index (χ1) is 8.66. The highest BCUT2D eigenvalue weighted by molar-refractivity contribution is 7.90. The fraction of sp³-hybridized carbons (Fsp3) is 0.875. The number of hydrogen-bond donors (Lipinski definition) is 1. The summed E-state index contributed by atoms with van der Waals surface area (Å²) in [5.41, 5.74) is -0.189. The summed E-state index contributed by atoms with van der Waals surface area (Å²) in [5.74, 6) is 0. The zero-order valence-corrected chi connectivity index (χ0v) is 15.3. The van der Waals surface area contributed by atoms with Crippen molar-refractivity contribution < 1.29 is 8.42 Å². The maximum absolute atomic E-state index is 12.2. The molecule has 0 atom stereocenters. The van der Waals surface area contributed by atoms with E-state index < -0.39 is 20.3 Å². The Morgan fingerprint density at radius 2 is 1.45 bits per heavy atom. The van der Waals surface area contributed by atoms with Crippen molar-refractivity contribution in [2.24, 2.45) is 5.41 Å². The summed E-state index contributed by atoms with van der Waals surface area (Å²) in [6, 6.07) is 0. The maximum atomic E-state index is 12.2. The van der Waals surface area contributed by atoms with Gasteiger partial charge in [-0.1, -0.05) is 32.9 Å². The zero-order valence-electron chi connectivity index (χ0n) is 14.5. The van der Waals surface area contributed by atoms with Crippen LogP contribution in [0.3, 0.4) is 0 Å². The summed E-state index contributed by atoms with van der Waals surface area (Å²) in [6.45, 7) is 15.6. The van der Waals surface area contributed by atoms with Crippen LogP contribution >= 0.6 is 0 Å². The molecule has 0 aliphatic heterocycles. The Kier molecular flexibility index (Phi) is 6.49. The van der Waals surface area contributed by atoms with Gasteiger partial charge >= 0.3 is 0 Å². The van der Waals surface area contributed by atoms with Crippen molar-refractivity contribution in [1.29, 1.82) is 0 Å². The van der Waals surface area contributed by atoms with Crippen molar-refractivity contribution in [3.05, 3.63) is 12.2 Å². The van der Waals surface area contributed by atoms with Crippen LogP contribution < -0.4 is 4.72 Å². The Bertz CT molecular complexity index is 420. The summed E-state index contributed by atoms with van der Waals surface area (Å²) in [7, 11) is -3.29. The van der Waals surface area contributed by atoms with Gasteiger partial charge in [0.1, 0.15) is 0 Å². The van der Waals surface area contributed by atoms with Crippen molar-refractivity contribution in [2.45, 2.75) is 84.9 Å². The van der Waals surface area contributed by atoms with E-state index in [-0.39, 0.29) is 5.41 Å². The Balaban J connectivity index is 4.39. The summed E-state index contributed by atoms with van der Waals surface area (Å²) in [6.07, 6.45) is 7.19. The lowest BCUT2D eigenvalue weighted by Crippen LogP contribution is -2.50. The van der Waals surface area contributed by atoms with Crippen LogP contribution in [0.4, 0.5) is 0 Å². The second-order valence-electron chi connectivity index (χ2n) is 8.26. The number of hydrogen-bond acceptors (Lipinski definition) is 2. The van der Waals surface area contributed by atoms with E-state index in [1.807, 2.05) is 13.8 Å². The number of unbranched alkanes of at least 4 members (excludes halogenated alkanes) is 1. The molecule has 0 aromatic rings. The number of rotatable bonds is 6. The number of nitrogens with one attached hydrogen (secondary N) is 1. The van der Waals surface area contributed by atoms with E-state index in [1.165, 1.54) is 0 Å². The second kappa shape index (κ2) is 6.61. The highest BCUT2D eigenvalue weighted by Crippen LogP contribution is 2.21. The minimum atomic E-state index is -3.29. The Morgan fingerprint density at radius 1 is 0.950 bits per heavy atom. The van der Waals surface area contributed by atoms with E-state index in [4.69, 9.17) is 0 Å². The van der Waals surface area contributed by atoms with E-state index in [0.29, 0.717) is 0 Å². The third-order valence-electron chi connectivity index (χ3n) is 3.01. The number of allylic oxidation sites excluding steroid dienone is 2. The summed E-state index contributed by atoms with van der Waals surface area (Å²) >= 11 is 0. The lowest BCUT2D eigenvalue weighted by Gasteiger charge is -2.30. The van der Waals surface area contributed by atoms with E-state index in [0.717, 1.165) is 19.3 Å². The SMILES string of the molecule is CC(C)(C)/C=C/CCCC(C)(C)NS(=O)(=O)C(C)(C)C. The topological polar surface area (TPSA) is 46.2 Å². The molecular weight excluding hydrogens is 270 g/mol. The predicted octanol–water partition coefficient (Wildman–Crippen LogP) is 4.26. The maximum Gasteiger partial charge on any atom is 0.217 e. The molecular formula is C16H33NO2S. The van der Waals surface area contributed by atoms with Crippen LogP contribution in [-0.2, 0) is 10.0 Å². The van der Waals surface area contributed by atoms with Crippen LogP contribution in [0.25, 0.3) is 0 Å². The van der Waals surface area contributed by atoms with Gasteiger partial charge in [0.2, 0.25) is 10.0 Å². The molecule has 0 unspecified atom stereocenters. The minimum absolute atomic E-state index is 0.212. The molecule has 0 bridgehead atoms. The molecule has 0 heterocycles. The Morgan fingerprint density at radius 3 is 1.85 bits per heavy atom. The van der Waals surface area contributed by atoms with Gasteiger partial charge in [-0.15, -0.1) is 0 Å². The van der Waals surface area contributed by atoms with Crippen molar-refractivity contribution in [3.63, 3.8) is 0 Å². The minimum Gasteiger partial charge on any atom is -0.212 e. The van der Waals surface area contributed by atoms with Crippen LogP contribution in [0.1, 0.15) is 74.7 Å². The zero-order chi connectivity index (χ0) is 16.2. The van der Waals surface area contributed by atoms with E-state index in [1.54, 1.807) is 20.8 Å². The molecule has 0 spiro atoms. The van der Waals surface area contributed by atoms with E-state index in [2.05, 4.69) is 37.6 Å². The van der Waals surface area contributed by atoms with Gasteiger partial charge < -0.3 is 0 Å². The largest absolute Gasteiger partial charge is 0.217 e.